The minimum Gasteiger partial charge on any atom is -0.457 e. The Morgan fingerprint density at radius 1 is 1.17 bits per heavy atom. The summed E-state index contributed by atoms with van der Waals surface area (Å²) in [5, 5.41) is 14.1. The third-order valence-corrected chi connectivity index (χ3v) is 6.72. The van der Waals surface area contributed by atoms with Crippen molar-refractivity contribution >= 4 is 45.7 Å². The predicted octanol–water partition coefficient (Wildman–Crippen LogP) is 4.77. The summed E-state index contributed by atoms with van der Waals surface area (Å²) in [5.41, 5.74) is 1.01. The molecule has 8 nitrogen and oxygen atoms in total. The van der Waals surface area contributed by atoms with Crippen molar-refractivity contribution in [3.63, 3.8) is 0 Å². The lowest BCUT2D eigenvalue weighted by Gasteiger charge is -2.41. The maximum absolute atomic E-state index is 13.6. The number of hydrogen-bond donors (Lipinski definition) is 3. The molecular formula is C26H23ClN4O4. The average molecular weight is 491 g/mol. The number of rotatable bonds is 6. The number of aliphatic hydroxyl groups is 1. The van der Waals surface area contributed by atoms with Crippen LogP contribution in [0.3, 0.4) is 0 Å². The number of carbonyl (C=O) groups is 2. The van der Waals surface area contributed by atoms with Crippen molar-refractivity contribution in [1.29, 1.82) is 0 Å². The monoisotopic (exact) mass is 490 g/mol. The van der Waals surface area contributed by atoms with E-state index in [4.69, 9.17) is 16.3 Å². The zero-order valence-corrected chi connectivity index (χ0v) is 19.9. The molecule has 9 heteroatoms. The van der Waals surface area contributed by atoms with Gasteiger partial charge in [0.05, 0.1) is 40.2 Å². The molecule has 0 aliphatic carbocycles. The van der Waals surface area contributed by atoms with Crippen LogP contribution in [0.25, 0.3) is 11.0 Å². The molecule has 1 aliphatic heterocycles. The first-order chi connectivity index (χ1) is 16.9. The van der Waals surface area contributed by atoms with Gasteiger partial charge in [-0.3, -0.25) is 9.59 Å². The van der Waals surface area contributed by atoms with Crippen molar-refractivity contribution in [2.45, 2.75) is 18.9 Å². The van der Waals surface area contributed by atoms with Gasteiger partial charge in [-0.05, 0) is 30.7 Å². The van der Waals surface area contributed by atoms with E-state index in [1.807, 2.05) is 37.3 Å². The number of fused-ring (bicyclic) bond motifs is 3. The lowest BCUT2D eigenvalue weighted by molar-refractivity contribution is -0.124. The summed E-state index contributed by atoms with van der Waals surface area (Å²) >= 11 is 6.51. The second kappa shape index (κ2) is 8.72. The van der Waals surface area contributed by atoms with Gasteiger partial charge in [-0.15, -0.1) is 0 Å². The van der Waals surface area contributed by atoms with Crippen molar-refractivity contribution in [1.82, 2.24) is 9.97 Å². The van der Waals surface area contributed by atoms with Gasteiger partial charge in [0.1, 0.15) is 22.7 Å². The number of H-pyrrole nitrogens is 1. The lowest BCUT2D eigenvalue weighted by atomic mass is 9.91. The summed E-state index contributed by atoms with van der Waals surface area (Å²) in [7, 11) is 1.63. The molecule has 5 rings (SSSR count). The van der Waals surface area contributed by atoms with Crippen LogP contribution < -0.4 is 15.0 Å². The molecule has 178 valence electrons. The number of nitrogens with one attached hydrogen (secondary N) is 2. The number of ether oxygens (including phenoxy) is 1. The van der Waals surface area contributed by atoms with Crippen molar-refractivity contribution in [3.05, 3.63) is 77.1 Å². The zero-order chi connectivity index (χ0) is 24.7. The Morgan fingerprint density at radius 2 is 1.94 bits per heavy atom. The molecule has 3 N–H and O–H groups in total. The molecule has 2 aromatic heterocycles. The number of nitrogens with zero attached hydrogens (tertiary/aromatic N) is 2. The molecule has 1 aliphatic rings. The summed E-state index contributed by atoms with van der Waals surface area (Å²) < 4.78 is 5.82. The quantitative estimate of drug-likeness (QED) is 0.336. The number of ketones is 1. The maximum Gasteiger partial charge on any atom is 0.254 e. The fourth-order valence-corrected chi connectivity index (χ4v) is 4.60. The van der Waals surface area contributed by atoms with Gasteiger partial charge in [0, 0.05) is 24.9 Å². The highest BCUT2D eigenvalue weighted by Gasteiger charge is 2.44. The van der Waals surface area contributed by atoms with Crippen molar-refractivity contribution in [2.75, 3.05) is 23.9 Å². The lowest BCUT2D eigenvalue weighted by Crippen LogP contribution is -2.58. The first kappa shape index (κ1) is 22.9. The molecule has 0 spiro atoms. The topological polar surface area (TPSA) is 108 Å². The molecule has 0 fully saturated rings. The number of anilines is 2. The number of likely N-dealkylation sites (N-methyl/N-ethyl adjacent to an activating group) is 1. The van der Waals surface area contributed by atoms with Gasteiger partial charge in [0.25, 0.3) is 5.91 Å². The molecule has 1 unspecified atom stereocenters. The number of amides is 1. The van der Waals surface area contributed by atoms with E-state index < -0.39 is 12.1 Å². The number of benzene rings is 2. The van der Waals surface area contributed by atoms with Gasteiger partial charge >= 0.3 is 0 Å². The predicted molar refractivity (Wildman–Crippen MR) is 135 cm³/mol. The Kier molecular flexibility index (Phi) is 5.70. The van der Waals surface area contributed by atoms with E-state index in [-0.39, 0.29) is 16.7 Å². The Balaban J connectivity index is 1.56. The summed E-state index contributed by atoms with van der Waals surface area (Å²) in [4.78, 5) is 35.5. The Labute approximate surface area is 206 Å². The maximum atomic E-state index is 13.6. The number of aliphatic hydroxyl groups excluding tert-OH is 1. The van der Waals surface area contributed by atoms with Crippen LogP contribution in [0.1, 0.15) is 29.3 Å². The van der Waals surface area contributed by atoms with E-state index >= 15 is 0 Å². The minimum atomic E-state index is -1.19. The second-order valence-corrected chi connectivity index (χ2v) is 8.82. The van der Waals surface area contributed by atoms with Crippen LogP contribution in [0, 0.1) is 0 Å². The number of hydrogen-bond acceptors (Lipinski definition) is 6. The molecule has 35 heavy (non-hydrogen) atoms. The van der Waals surface area contributed by atoms with Gasteiger partial charge in [0.2, 0.25) is 0 Å². The summed E-state index contributed by atoms with van der Waals surface area (Å²) in [6.07, 6.45) is 3.50. The van der Waals surface area contributed by atoms with Crippen molar-refractivity contribution < 1.29 is 19.4 Å². The normalized spacial score (nSPS) is 17.3. The summed E-state index contributed by atoms with van der Waals surface area (Å²) in [6.45, 7) is 1.43. The summed E-state index contributed by atoms with van der Waals surface area (Å²) in [6, 6.07) is 14.2. The fourth-order valence-electron chi connectivity index (χ4n) is 4.34. The SMILES string of the molecule is CCC1(CO)Nc2c(cnc3[nH]cc(C(=O)c4ccc(Oc5ccccc5)cc4Cl)c23)N(C)C1=O. The minimum absolute atomic E-state index is 0.244. The molecule has 1 atom stereocenters. The molecule has 2 aromatic carbocycles. The first-order valence-electron chi connectivity index (χ1n) is 11.1. The summed E-state index contributed by atoms with van der Waals surface area (Å²) in [5.74, 6) is 0.588. The van der Waals surface area contributed by atoms with Crippen LogP contribution in [-0.2, 0) is 4.79 Å². The van der Waals surface area contributed by atoms with Crippen LogP contribution in [0.4, 0.5) is 11.4 Å². The highest BCUT2D eigenvalue weighted by atomic mass is 35.5. The number of pyridine rings is 1. The number of carbonyl (C=O) groups excluding carboxylic acids is 2. The van der Waals surface area contributed by atoms with E-state index in [2.05, 4.69) is 15.3 Å². The van der Waals surface area contributed by atoms with Crippen LogP contribution in [0.15, 0.2) is 60.9 Å². The number of halogens is 1. The molecule has 0 radical (unpaired) electrons. The van der Waals surface area contributed by atoms with Crippen LogP contribution in [0.5, 0.6) is 11.5 Å². The molecule has 0 saturated heterocycles. The van der Waals surface area contributed by atoms with Crippen LogP contribution in [0.2, 0.25) is 5.02 Å². The molecule has 0 saturated carbocycles. The van der Waals surface area contributed by atoms with E-state index in [0.29, 0.717) is 51.5 Å². The molecular weight excluding hydrogens is 468 g/mol. The highest BCUT2D eigenvalue weighted by molar-refractivity contribution is 6.36. The van der Waals surface area contributed by atoms with Gasteiger partial charge in [0.15, 0.2) is 5.78 Å². The Morgan fingerprint density at radius 3 is 2.63 bits per heavy atom. The largest absolute Gasteiger partial charge is 0.457 e. The average Bonchev–Trinajstić information content (AvgIpc) is 3.31. The zero-order valence-electron chi connectivity index (χ0n) is 19.1. The van der Waals surface area contributed by atoms with Gasteiger partial charge in [-0.1, -0.05) is 36.7 Å². The van der Waals surface area contributed by atoms with Crippen LogP contribution in [-0.4, -0.2) is 46.0 Å². The van der Waals surface area contributed by atoms with Gasteiger partial charge < -0.3 is 25.0 Å². The third-order valence-electron chi connectivity index (χ3n) is 6.40. The van der Waals surface area contributed by atoms with E-state index in [9.17, 15) is 14.7 Å². The van der Waals surface area contributed by atoms with Gasteiger partial charge in [-0.2, -0.15) is 0 Å². The molecule has 3 heterocycles. The van der Waals surface area contributed by atoms with E-state index in [1.165, 1.54) is 4.90 Å². The van der Waals surface area contributed by atoms with Crippen molar-refractivity contribution in [3.8, 4) is 11.5 Å². The molecule has 0 bridgehead atoms. The first-order valence-corrected chi connectivity index (χ1v) is 11.5. The standard InChI is InChI=1S/C26H23ClN4O4/c1-3-26(14-32)25(34)31(2)20-13-29-24-21(22(20)30-26)18(12-28-24)23(33)17-10-9-16(11-19(17)27)35-15-7-5-4-6-8-15/h4-13,30,32H,3,14H2,1-2H3,(H,28,29). The van der Waals surface area contributed by atoms with E-state index in [1.54, 1.807) is 37.6 Å². The Hall–Kier alpha value is -3.88. The smallest absolute Gasteiger partial charge is 0.254 e. The molecule has 4 aromatic rings. The Bertz CT molecular complexity index is 1450. The number of para-hydroxylation sites is 1. The van der Waals surface area contributed by atoms with E-state index in [0.717, 1.165) is 0 Å². The van der Waals surface area contributed by atoms with Gasteiger partial charge in [-0.25, -0.2) is 4.98 Å². The third kappa shape index (κ3) is 3.71. The highest BCUT2D eigenvalue weighted by Crippen LogP contribution is 2.42. The number of aromatic nitrogens is 2. The van der Waals surface area contributed by atoms with Crippen LogP contribution >= 0.6 is 11.6 Å². The molecule has 1 amide bonds. The van der Waals surface area contributed by atoms with Crippen molar-refractivity contribution in [2.24, 2.45) is 0 Å². The number of aromatic amines is 1. The fraction of sp³-hybridized carbons (Fsp3) is 0.192. The second-order valence-electron chi connectivity index (χ2n) is 8.41.